The molecule has 200 valence electrons. The van der Waals surface area contributed by atoms with E-state index in [1.165, 1.54) is 4.57 Å². The van der Waals surface area contributed by atoms with Crippen molar-refractivity contribution in [3.63, 3.8) is 0 Å². The molecule has 0 radical (unpaired) electrons. The van der Waals surface area contributed by atoms with Crippen LogP contribution >= 0.6 is 0 Å². The molecule has 0 aliphatic heterocycles. The van der Waals surface area contributed by atoms with Crippen molar-refractivity contribution in [1.82, 2.24) is 9.88 Å². The number of ether oxygens (including phenoxy) is 2. The second-order valence-electron chi connectivity index (χ2n) is 10.6. The molecule has 8 heteroatoms. The molecule has 5 rings (SSSR count). The van der Waals surface area contributed by atoms with Crippen LogP contribution in [0.25, 0.3) is 22.0 Å². The first-order valence-electron chi connectivity index (χ1n) is 12.8. The quantitative estimate of drug-likeness (QED) is 0.321. The number of amides is 1. The summed E-state index contributed by atoms with van der Waals surface area (Å²) in [5.41, 5.74) is 4.93. The lowest BCUT2D eigenvalue weighted by atomic mass is 9.98. The summed E-state index contributed by atoms with van der Waals surface area (Å²) < 4.78 is 12.4. The van der Waals surface area contributed by atoms with Gasteiger partial charge in [-0.3, -0.25) is 4.57 Å². The van der Waals surface area contributed by atoms with Gasteiger partial charge in [0.2, 0.25) is 0 Å². The number of aliphatic carboxylic acids is 1. The van der Waals surface area contributed by atoms with Gasteiger partial charge in [-0.15, -0.1) is 0 Å². The summed E-state index contributed by atoms with van der Waals surface area (Å²) >= 11 is 0. The Morgan fingerprint density at radius 2 is 1.59 bits per heavy atom. The third-order valence-electron chi connectivity index (χ3n) is 6.72. The molecule has 0 saturated heterocycles. The molecule has 2 N–H and O–H groups in total. The molecule has 8 nitrogen and oxygen atoms in total. The summed E-state index contributed by atoms with van der Waals surface area (Å²) in [5, 5.41) is 13.1. The second kappa shape index (κ2) is 10.3. The van der Waals surface area contributed by atoms with E-state index in [1.54, 1.807) is 51.2 Å². The number of hydrogen-bond acceptors (Lipinski definition) is 5. The molecule has 1 aliphatic carbocycles. The number of benzene rings is 3. The van der Waals surface area contributed by atoms with E-state index in [9.17, 15) is 19.5 Å². The number of rotatable bonds is 6. The molecule has 3 aromatic carbocycles. The zero-order valence-electron chi connectivity index (χ0n) is 22.0. The highest BCUT2D eigenvalue weighted by molar-refractivity contribution is 5.90. The fourth-order valence-corrected chi connectivity index (χ4v) is 4.99. The molecule has 4 aromatic rings. The first-order chi connectivity index (χ1) is 18.6. The third-order valence-corrected chi connectivity index (χ3v) is 6.72. The van der Waals surface area contributed by atoms with Crippen molar-refractivity contribution in [3.05, 3.63) is 95.7 Å². The van der Waals surface area contributed by atoms with Crippen LogP contribution in [0, 0.1) is 0 Å². The van der Waals surface area contributed by atoms with Crippen LogP contribution in [0.5, 0.6) is 0 Å². The van der Waals surface area contributed by atoms with Crippen molar-refractivity contribution >= 4 is 29.1 Å². The fourth-order valence-electron chi connectivity index (χ4n) is 4.99. The Kier molecular flexibility index (Phi) is 6.87. The number of aromatic nitrogens is 1. The molecular weight excluding hydrogens is 496 g/mol. The molecule has 39 heavy (non-hydrogen) atoms. The highest BCUT2D eigenvalue weighted by Crippen LogP contribution is 2.44. The molecule has 1 aliphatic rings. The monoisotopic (exact) mass is 526 g/mol. The second-order valence-corrected chi connectivity index (χ2v) is 10.6. The van der Waals surface area contributed by atoms with Crippen molar-refractivity contribution in [2.45, 2.75) is 44.8 Å². The van der Waals surface area contributed by atoms with Crippen LogP contribution < -0.4 is 5.32 Å². The van der Waals surface area contributed by atoms with Crippen molar-refractivity contribution < 1.29 is 29.0 Å². The van der Waals surface area contributed by atoms with E-state index in [4.69, 9.17) is 9.47 Å². The van der Waals surface area contributed by atoms with Gasteiger partial charge in [-0.05, 0) is 60.7 Å². The van der Waals surface area contributed by atoms with Crippen LogP contribution in [-0.4, -0.2) is 46.1 Å². The topological polar surface area (TPSA) is 107 Å². The Hall–Kier alpha value is -4.59. The molecule has 1 unspecified atom stereocenters. The first kappa shape index (κ1) is 26.0. The molecule has 0 spiro atoms. The highest BCUT2D eigenvalue weighted by Gasteiger charge is 2.30. The van der Waals surface area contributed by atoms with E-state index in [1.807, 2.05) is 48.5 Å². The van der Waals surface area contributed by atoms with Crippen LogP contribution in [0.15, 0.2) is 79.0 Å². The first-order valence-corrected chi connectivity index (χ1v) is 12.8. The minimum absolute atomic E-state index is 0.00890. The minimum atomic E-state index is -1.22. The summed E-state index contributed by atoms with van der Waals surface area (Å²) in [4.78, 5) is 37.4. The van der Waals surface area contributed by atoms with Gasteiger partial charge >= 0.3 is 18.2 Å². The maximum absolute atomic E-state index is 12.7. The number of fused-ring (bicyclic) bond motifs is 4. The largest absolute Gasteiger partial charge is 0.480 e. The zero-order chi connectivity index (χ0) is 27.7. The van der Waals surface area contributed by atoms with Gasteiger partial charge in [0.15, 0.2) is 0 Å². The molecule has 0 bridgehead atoms. The molecule has 0 fully saturated rings. The average Bonchev–Trinajstić information content (AvgIpc) is 3.45. The Morgan fingerprint density at radius 1 is 0.949 bits per heavy atom. The standard InChI is InChI=1S/C31H30N2O6/c1-31(2,3)39-30(37)33-15-14-20-13-12-19(17-27(20)33)16-26(28(34)35)32-29(36)38-18-25-23-10-6-4-8-21(23)22-9-5-7-11-24(22)25/h4-15,17,25-26H,16,18H2,1-3H3,(H,32,36)(H,34,35). The highest BCUT2D eigenvalue weighted by atomic mass is 16.6. The van der Waals surface area contributed by atoms with Crippen molar-refractivity contribution in [2.24, 2.45) is 0 Å². The van der Waals surface area contributed by atoms with Crippen LogP contribution in [0.4, 0.5) is 9.59 Å². The van der Waals surface area contributed by atoms with E-state index < -0.39 is 29.8 Å². The number of carbonyl (C=O) groups excluding carboxylic acids is 2. The zero-order valence-corrected chi connectivity index (χ0v) is 22.0. The maximum atomic E-state index is 12.7. The third kappa shape index (κ3) is 5.50. The number of alkyl carbamates (subject to hydrolysis) is 1. The number of carbonyl (C=O) groups is 3. The molecule has 1 heterocycles. The number of nitrogens with one attached hydrogen (secondary N) is 1. The van der Waals surface area contributed by atoms with Gasteiger partial charge in [-0.1, -0.05) is 60.7 Å². The fraction of sp³-hybridized carbons (Fsp3) is 0.258. The van der Waals surface area contributed by atoms with Crippen molar-refractivity contribution in [1.29, 1.82) is 0 Å². The Balaban J connectivity index is 1.27. The Bertz CT molecular complexity index is 1520. The van der Waals surface area contributed by atoms with Crippen LogP contribution in [-0.2, 0) is 20.7 Å². The smallest absolute Gasteiger partial charge is 0.418 e. The maximum Gasteiger partial charge on any atom is 0.418 e. The summed E-state index contributed by atoms with van der Waals surface area (Å²) in [6, 6.07) is 21.9. The predicted octanol–water partition coefficient (Wildman–Crippen LogP) is 5.96. The van der Waals surface area contributed by atoms with Gasteiger partial charge in [0.05, 0.1) is 5.52 Å². The molecule has 1 aromatic heterocycles. The van der Waals surface area contributed by atoms with E-state index in [2.05, 4.69) is 5.32 Å². The van der Waals surface area contributed by atoms with E-state index in [0.717, 1.165) is 27.6 Å². The molecule has 1 amide bonds. The predicted molar refractivity (Wildman–Crippen MR) is 147 cm³/mol. The SMILES string of the molecule is CC(C)(C)OC(=O)n1ccc2ccc(CC(NC(=O)OCC3c4ccccc4-c4ccccc43)C(=O)O)cc21. The lowest BCUT2D eigenvalue weighted by Crippen LogP contribution is -2.42. The Morgan fingerprint density at radius 3 is 2.21 bits per heavy atom. The summed E-state index contributed by atoms with van der Waals surface area (Å²) in [5.74, 6) is -1.32. The summed E-state index contributed by atoms with van der Waals surface area (Å²) in [6.07, 6.45) is 0.296. The van der Waals surface area contributed by atoms with Crippen LogP contribution in [0.3, 0.4) is 0 Å². The average molecular weight is 527 g/mol. The molecule has 0 saturated carbocycles. The number of carboxylic acids is 1. The van der Waals surface area contributed by atoms with Gasteiger partial charge in [0.25, 0.3) is 0 Å². The van der Waals surface area contributed by atoms with Gasteiger partial charge < -0.3 is 19.9 Å². The number of nitrogens with zero attached hydrogens (tertiary/aromatic N) is 1. The van der Waals surface area contributed by atoms with Crippen LogP contribution in [0.1, 0.15) is 43.4 Å². The molecule has 1 atom stereocenters. The normalized spacial score (nSPS) is 13.4. The van der Waals surface area contributed by atoms with Crippen molar-refractivity contribution in [3.8, 4) is 11.1 Å². The van der Waals surface area contributed by atoms with Crippen molar-refractivity contribution in [2.75, 3.05) is 6.61 Å². The van der Waals surface area contributed by atoms with Gasteiger partial charge in [0.1, 0.15) is 18.2 Å². The summed E-state index contributed by atoms with van der Waals surface area (Å²) in [7, 11) is 0. The van der Waals surface area contributed by atoms with Crippen LogP contribution in [0.2, 0.25) is 0 Å². The lowest BCUT2D eigenvalue weighted by molar-refractivity contribution is -0.139. The molecular formula is C31H30N2O6. The van der Waals surface area contributed by atoms with Gasteiger partial charge in [-0.2, -0.15) is 0 Å². The van der Waals surface area contributed by atoms with E-state index in [0.29, 0.717) is 11.1 Å². The lowest BCUT2D eigenvalue weighted by Gasteiger charge is -2.20. The van der Waals surface area contributed by atoms with Gasteiger partial charge in [0, 0.05) is 23.9 Å². The van der Waals surface area contributed by atoms with E-state index in [-0.39, 0.29) is 18.9 Å². The Labute approximate surface area is 226 Å². The van der Waals surface area contributed by atoms with Gasteiger partial charge in [-0.25, -0.2) is 14.4 Å². The minimum Gasteiger partial charge on any atom is -0.480 e. The number of carboxylic acid groups (broad SMARTS) is 1. The number of hydrogen-bond donors (Lipinski definition) is 2. The van der Waals surface area contributed by atoms with E-state index >= 15 is 0 Å². The summed E-state index contributed by atoms with van der Waals surface area (Å²) in [6.45, 7) is 5.44.